The Morgan fingerprint density at radius 3 is 1.44 bits per heavy atom. The molecule has 0 saturated heterocycles. The summed E-state index contributed by atoms with van der Waals surface area (Å²) in [7, 11) is -5.88. The van der Waals surface area contributed by atoms with Gasteiger partial charge in [-0.05, 0) is 27.8 Å². The largest absolute Gasteiger partial charge is 0.422 e. The fourth-order valence-corrected chi connectivity index (χ4v) is 10.1. The van der Waals surface area contributed by atoms with Crippen molar-refractivity contribution in [2.24, 2.45) is 0 Å². The van der Waals surface area contributed by atoms with E-state index in [1.165, 1.54) is 0 Å². The molecule has 0 bridgehead atoms. The summed E-state index contributed by atoms with van der Waals surface area (Å²) in [4.78, 5) is 11.4. The Hall–Kier alpha value is -2.25. The van der Waals surface area contributed by atoms with Crippen molar-refractivity contribution < 1.29 is 8.91 Å². The summed E-state index contributed by atoms with van der Waals surface area (Å²) in [6.07, 6.45) is 0. The summed E-state index contributed by atoms with van der Waals surface area (Å²) >= 11 is 0. The molecule has 4 heteroatoms. The van der Waals surface area contributed by atoms with Crippen LogP contribution in [0, 0.1) is 0 Å². The second-order valence-corrected chi connectivity index (χ2v) is 12.6. The smallest absolute Gasteiger partial charge is 0.386 e. The van der Waals surface area contributed by atoms with Gasteiger partial charge in [-0.1, -0.05) is 91.0 Å². The van der Waals surface area contributed by atoms with E-state index in [1.807, 2.05) is 66.7 Å². The van der Waals surface area contributed by atoms with Crippen molar-refractivity contribution in [1.29, 1.82) is 0 Å². The molecular weight excluding hydrogens is 340 g/mol. The Balaban J connectivity index is 2.11. The molecule has 0 radical (unpaired) electrons. The molecule has 0 amide bonds. The van der Waals surface area contributed by atoms with E-state index in [4.69, 9.17) is 4.12 Å². The lowest BCUT2D eigenvalue weighted by Gasteiger charge is -2.36. The van der Waals surface area contributed by atoms with Gasteiger partial charge < -0.3 is 8.91 Å². The molecule has 0 heterocycles. The predicted molar refractivity (Wildman–Crippen MR) is 109 cm³/mol. The molecule has 1 unspecified atom stereocenters. The summed E-state index contributed by atoms with van der Waals surface area (Å²) in [5.41, 5.74) is 1.61. The fraction of sp³-hybridized carbons (Fsp3) is 0.0476. The van der Waals surface area contributed by atoms with Gasteiger partial charge in [0, 0.05) is 0 Å². The highest BCUT2D eigenvalue weighted by molar-refractivity contribution is 7.03. The van der Waals surface area contributed by atoms with Crippen molar-refractivity contribution in [2.45, 2.75) is 6.55 Å². The van der Waals surface area contributed by atoms with Gasteiger partial charge in [0.05, 0.1) is 0 Å². The van der Waals surface area contributed by atoms with Crippen molar-refractivity contribution in [2.75, 3.05) is 0 Å². The zero-order chi connectivity index (χ0) is 17.8. The third kappa shape index (κ3) is 3.57. The van der Waals surface area contributed by atoms with E-state index >= 15 is 0 Å². The molecule has 0 saturated carbocycles. The Morgan fingerprint density at radius 1 is 0.720 bits per heavy atom. The lowest BCUT2D eigenvalue weighted by molar-refractivity contribution is 0.411. The van der Waals surface area contributed by atoms with Crippen LogP contribution in [-0.2, 0) is 4.12 Å². The number of hydrogen-bond acceptors (Lipinski definition) is 2. The normalized spacial score (nSPS) is 13.8. The molecule has 0 aromatic heterocycles. The first kappa shape index (κ1) is 17.6. The maximum atomic E-state index is 11.4. The average Bonchev–Trinajstić information content (AvgIpc) is 2.70. The third-order valence-corrected chi connectivity index (χ3v) is 11.9. The number of rotatable bonds is 6. The quantitative estimate of drug-likeness (QED) is 0.683. The van der Waals surface area contributed by atoms with Gasteiger partial charge in [0.1, 0.15) is 0 Å². The first-order valence-electron chi connectivity index (χ1n) is 8.31. The zero-order valence-electron chi connectivity index (χ0n) is 14.3. The molecule has 1 N–H and O–H groups in total. The first-order valence-corrected chi connectivity index (χ1v) is 12.7. The van der Waals surface area contributed by atoms with E-state index < -0.39 is 16.9 Å². The van der Waals surface area contributed by atoms with Gasteiger partial charge in [-0.25, -0.2) is 0 Å². The summed E-state index contributed by atoms with van der Waals surface area (Å²) in [6, 6.07) is 30.0. The molecule has 1 atom stereocenters. The van der Waals surface area contributed by atoms with E-state index in [1.54, 1.807) is 5.70 Å². The predicted octanol–water partition coefficient (Wildman–Crippen LogP) is 2.46. The Bertz CT molecular complexity index is 783. The molecule has 0 fully saturated rings. The van der Waals surface area contributed by atoms with Gasteiger partial charge in [-0.15, -0.1) is 6.58 Å². The zero-order valence-corrected chi connectivity index (χ0v) is 16.3. The second-order valence-electron chi connectivity index (χ2n) is 6.13. The summed E-state index contributed by atoms with van der Waals surface area (Å²) < 4.78 is 6.65. The van der Waals surface area contributed by atoms with Gasteiger partial charge in [0.15, 0.2) is 0 Å². The van der Waals surface area contributed by atoms with Crippen LogP contribution in [0.2, 0.25) is 6.55 Å². The lowest BCUT2D eigenvalue weighted by atomic mass is 10.4. The second kappa shape index (κ2) is 7.33. The van der Waals surface area contributed by atoms with Crippen molar-refractivity contribution in [3.8, 4) is 0 Å². The molecule has 0 aliphatic rings. The molecule has 3 rings (SSSR count). The molecule has 25 heavy (non-hydrogen) atoms. The molecule has 0 aliphatic heterocycles. The van der Waals surface area contributed by atoms with E-state index in [2.05, 4.69) is 37.4 Å². The van der Waals surface area contributed by atoms with Crippen LogP contribution in [0.25, 0.3) is 0 Å². The topological polar surface area (TPSA) is 29.5 Å². The van der Waals surface area contributed by atoms with Crippen LogP contribution in [0.4, 0.5) is 0 Å². The van der Waals surface area contributed by atoms with Gasteiger partial charge in [0.25, 0.3) is 0 Å². The molecule has 3 aromatic rings. The van der Waals surface area contributed by atoms with Gasteiger partial charge in [-0.2, -0.15) is 0 Å². The minimum Gasteiger partial charge on any atom is -0.422 e. The van der Waals surface area contributed by atoms with Crippen LogP contribution in [-0.4, -0.2) is 21.7 Å². The molecule has 126 valence electrons. The van der Waals surface area contributed by atoms with E-state index in [0.717, 1.165) is 15.6 Å². The van der Waals surface area contributed by atoms with E-state index in [0.29, 0.717) is 0 Å². The summed E-state index contributed by atoms with van der Waals surface area (Å²) in [5.74, 6) is 0. The maximum Gasteiger partial charge on any atom is 0.386 e. The maximum absolute atomic E-state index is 11.4. The molecule has 3 aromatic carbocycles. The fourth-order valence-electron chi connectivity index (χ4n) is 3.00. The Kier molecular flexibility index (Phi) is 5.15. The van der Waals surface area contributed by atoms with Crippen LogP contribution >= 0.6 is 0 Å². The molecule has 0 spiro atoms. The third-order valence-electron chi connectivity index (χ3n) is 4.47. The van der Waals surface area contributed by atoms with Crippen molar-refractivity contribution in [3.63, 3.8) is 0 Å². The van der Waals surface area contributed by atoms with Crippen LogP contribution in [0.3, 0.4) is 0 Å². The molecule has 0 aliphatic carbocycles. The Labute approximate surface area is 151 Å². The van der Waals surface area contributed by atoms with Crippen molar-refractivity contribution >= 4 is 32.4 Å². The SMILES string of the molecule is C=C[Si](O)(O[Si](C)(c1ccccc1)c1ccccc1)c1ccccc1. The van der Waals surface area contributed by atoms with Crippen LogP contribution in [0.15, 0.2) is 103 Å². The van der Waals surface area contributed by atoms with E-state index in [9.17, 15) is 4.80 Å². The Morgan fingerprint density at radius 2 is 1.08 bits per heavy atom. The standard InChI is InChI=1S/C21H22O2Si2/c1-3-25(22,21-17-11-6-12-18-21)23-24(2,19-13-7-4-8-14-19)20-15-9-5-10-16-20/h3-18,22H,1H2,2H3. The van der Waals surface area contributed by atoms with Crippen LogP contribution in [0.1, 0.15) is 0 Å². The average molecular weight is 363 g/mol. The summed E-state index contributed by atoms with van der Waals surface area (Å²) in [6.45, 7) is 6.03. The molecule has 2 nitrogen and oxygen atoms in total. The minimum absolute atomic E-state index is 0.815. The first-order chi connectivity index (χ1) is 12.1. The van der Waals surface area contributed by atoms with Crippen LogP contribution < -0.4 is 15.6 Å². The van der Waals surface area contributed by atoms with Gasteiger partial charge >= 0.3 is 8.56 Å². The number of benzene rings is 3. The van der Waals surface area contributed by atoms with Gasteiger partial charge in [-0.3, -0.25) is 0 Å². The van der Waals surface area contributed by atoms with E-state index in [-0.39, 0.29) is 0 Å². The van der Waals surface area contributed by atoms with Gasteiger partial charge in [0.2, 0.25) is 8.32 Å². The monoisotopic (exact) mass is 362 g/mol. The van der Waals surface area contributed by atoms with Crippen molar-refractivity contribution in [1.82, 2.24) is 0 Å². The highest BCUT2D eigenvalue weighted by Gasteiger charge is 2.44. The summed E-state index contributed by atoms with van der Waals surface area (Å²) in [5, 5.41) is 3.07. The minimum atomic E-state index is -3.27. The lowest BCUT2D eigenvalue weighted by Crippen LogP contribution is -2.67. The van der Waals surface area contributed by atoms with Crippen molar-refractivity contribution in [3.05, 3.63) is 103 Å². The van der Waals surface area contributed by atoms with Crippen LogP contribution in [0.5, 0.6) is 0 Å². The highest BCUT2D eigenvalue weighted by Crippen LogP contribution is 2.15. The molecular formula is C21H22O2Si2. The number of hydrogen-bond donors (Lipinski definition) is 1. The highest BCUT2D eigenvalue weighted by atomic mass is 28.4.